The van der Waals surface area contributed by atoms with Gasteiger partial charge < -0.3 is 9.30 Å². The lowest BCUT2D eigenvalue weighted by Crippen LogP contribution is -2.26. The van der Waals surface area contributed by atoms with Gasteiger partial charge in [-0.05, 0) is 19.1 Å². The van der Waals surface area contributed by atoms with Crippen molar-refractivity contribution < 1.29 is 4.74 Å². The number of alkyl halides is 1. The Bertz CT molecular complexity index is 595. The van der Waals surface area contributed by atoms with E-state index in [1.165, 1.54) is 0 Å². The van der Waals surface area contributed by atoms with E-state index in [2.05, 4.69) is 4.98 Å². The molecule has 5 heteroatoms. The van der Waals surface area contributed by atoms with Crippen molar-refractivity contribution in [3.05, 3.63) is 40.3 Å². The minimum atomic E-state index is -0.0665. The number of ether oxygens (including phenoxy) is 1. The highest BCUT2D eigenvalue weighted by Gasteiger charge is 2.06. The molecule has 0 fully saturated rings. The summed E-state index contributed by atoms with van der Waals surface area (Å²) in [5.41, 5.74) is 2.10. The van der Waals surface area contributed by atoms with Gasteiger partial charge in [-0.2, -0.15) is 0 Å². The second-order valence-corrected chi connectivity index (χ2v) is 4.32. The van der Waals surface area contributed by atoms with Crippen LogP contribution in [0.25, 0.3) is 11.0 Å². The van der Waals surface area contributed by atoms with Crippen LogP contribution in [0.5, 0.6) is 0 Å². The van der Waals surface area contributed by atoms with Gasteiger partial charge in [0.2, 0.25) is 0 Å². The molecule has 0 radical (unpaired) electrons. The summed E-state index contributed by atoms with van der Waals surface area (Å²) >= 11 is 5.53. The first-order chi connectivity index (χ1) is 8.74. The van der Waals surface area contributed by atoms with Crippen LogP contribution in [-0.4, -0.2) is 28.6 Å². The molecule has 2 rings (SSSR count). The van der Waals surface area contributed by atoms with E-state index < -0.39 is 0 Å². The van der Waals surface area contributed by atoms with E-state index in [0.717, 1.165) is 11.0 Å². The first-order valence-corrected chi connectivity index (χ1v) is 6.37. The Balaban J connectivity index is 2.35. The van der Waals surface area contributed by atoms with Gasteiger partial charge in [-0.25, -0.2) is 4.98 Å². The summed E-state index contributed by atoms with van der Waals surface area (Å²) in [5.74, 6) is 0.463. The van der Waals surface area contributed by atoms with E-state index in [4.69, 9.17) is 16.3 Å². The minimum absolute atomic E-state index is 0.0665. The van der Waals surface area contributed by atoms with Crippen LogP contribution >= 0.6 is 11.6 Å². The van der Waals surface area contributed by atoms with Crippen molar-refractivity contribution in [2.24, 2.45) is 0 Å². The van der Waals surface area contributed by atoms with Crippen molar-refractivity contribution >= 4 is 22.6 Å². The van der Waals surface area contributed by atoms with Gasteiger partial charge in [0.15, 0.2) is 0 Å². The van der Waals surface area contributed by atoms with Gasteiger partial charge in [0, 0.05) is 12.4 Å². The first-order valence-electron chi connectivity index (χ1n) is 5.84. The summed E-state index contributed by atoms with van der Waals surface area (Å²) in [7, 11) is 0. The highest BCUT2D eigenvalue weighted by Crippen LogP contribution is 2.09. The fraction of sp³-hybridized carbons (Fsp3) is 0.385. The van der Waals surface area contributed by atoms with Crippen LogP contribution in [-0.2, 0) is 11.3 Å². The first kappa shape index (κ1) is 13.1. The van der Waals surface area contributed by atoms with Gasteiger partial charge in [0.1, 0.15) is 5.69 Å². The van der Waals surface area contributed by atoms with E-state index >= 15 is 0 Å². The molecule has 0 saturated carbocycles. The number of aromatic nitrogens is 2. The van der Waals surface area contributed by atoms with Crippen LogP contribution in [0.2, 0.25) is 0 Å². The topological polar surface area (TPSA) is 44.1 Å². The number of fused-ring (bicyclic) bond motifs is 1. The molecular weight excluding hydrogens is 252 g/mol. The lowest BCUT2D eigenvalue weighted by molar-refractivity contribution is 0.141. The van der Waals surface area contributed by atoms with Gasteiger partial charge in [-0.1, -0.05) is 12.1 Å². The van der Waals surface area contributed by atoms with Gasteiger partial charge >= 0.3 is 0 Å². The molecule has 18 heavy (non-hydrogen) atoms. The highest BCUT2D eigenvalue weighted by molar-refractivity contribution is 6.17. The fourth-order valence-electron chi connectivity index (χ4n) is 1.85. The minimum Gasteiger partial charge on any atom is -0.378 e. The van der Waals surface area contributed by atoms with Crippen LogP contribution in [0.1, 0.15) is 5.69 Å². The SMILES string of the molecule is Cc1nc2ccccc2n(CCOCCCl)c1=O. The summed E-state index contributed by atoms with van der Waals surface area (Å²) < 4.78 is 7.02. The zero-order valence-corrected chi connectivity index (χ0v) is 11.0. The maximum atomic E-state index is 12.1. The molecule has 0 bridgehead atoms. The molecule has 96 valence electrons. The number of halogens is 1. The zero-order chi connectivity index (χ0) is 13.0. The molecule has 0 spiro atoms. The quantitative estimate of drug-likeness (QED) is 0.614. The van der Waals surface area contributed by atoms with Crippen molar-refractivity contribution in [1.29, 1.82) is 0 Å². The van der Waals surface area contributed by atoms with E-state index in [1.54, 1.807) is 11.5 Å². The Kier molecular flexibility index (Phi) is 4.33. The van der Waals surface area contributed by atoms with Gasteiger partial charge in [0.05, 0.1) is 24.2 Å². The predicted molar refractivity (Wildman–Crippen MR) is 72.3 cm³/mol. The standard InChI is InChI=1S/C13H15ClN2O2/c1-10-13(17)16(7-9-18-8-6-14)12-5-3-2-4-11(12)15-10/h2-5H,6-9H2,1H3. The summed E-state index contributed by atoms with van der Waals surface area (Å²) in [6.07, 6.45) is 0. The van der Waals surface area contributed by atoms with Crippen LogP contribution < -0.4 is 5.56 Å². The fourth-order valence-corrected chi connectivity index (χ4v) is 1.96. The number of hydrogen-bond acceptors (Lipinski definition) is 3. The van der Waals surface area contributed by atoms with E-state index in [-0.39, 0.29) is 5.56 Å². The predicted octanol–water partition coefficient (Wildman–Crippen LogP) is 1.96. The monoisotopic (exact) mass is 266 g/mol. The van der Waals surface area contributed by atoms with E-state index in [9.17, 15) is 4.79 Å². The summed E-state index contributed by atoms with van der Waals surface area (Å²) in [4.78, 5) is 16.4. The third kappa shape index (κ3) is 2.71. The lowest BCUT2D eigenvalue weighted by Gasteiger charge is -2.10. The second kappa shape index (κ2) is 5.98. The molecule has 1 heterocycles. The summed E-state index contributed by atoms with van der Waals surface area (Å²) in [6.45, 7) is 3.21. The number of aryl methyl sites for hydroxylation is 1. The molecule has 4 nitrogen and oxygen atoms in total. The Morgan fingerprint density at radius 2 is 2.11 bits per heavy atom. The van der Waals surface area contributed by atoms with E-state index in [1.807, 2.05) is 24.3 Å². The van der Waals surface area contributed by atoms with Crippen molar-refractivity contribution in [1.82, 2.24) is 9.55 Å². The summed E-state index contributed by atoms with van der Waals surface area (Å²) in [5, 5.41) is 0. The van der Waals surface area contributed by atoms with Crippen molar-refractivity contribution in [2.75, 3.05) is 19.1 Å². The summed E-state index contributed by atoms with van der Waals surface area (Å²) in [6, 6.07) is 7.60. The molecule has 0 saturated heterocycles. The van der Waals surface area contributed by atoms with Crippen LogP contribution in [0, 0.1) is 6.92 Å². The Hall–Kier alpha value is -1.39. The molecule has 0 unspecified atom stereocenters. The third-order valence-electron chi connectivity index (χ3n) is 2.70. The molecule has 1 aromatic carbocycles. The Morgan fingerprint density at radius 3 is 2.89 bits per heavy atom. The number of hydrogen-bond donors (Lipinski definition) is 0. The van der Waals surface area contributed by atoms with Crippen molar-refractivity contribution in [3.8, 4) is 0 Å². The Morgan fingerprint density at radius 1 is 1.33 bits per heavy atom. The average Bonchev–Trinajstić information content (AvgIpc) is 2.38. The smallest absolute Gasteiger partial charge is 0.272 e. The highest BCUT2D eigenvalue weighted by atomic mass is 35.5. The molecule has 0 amide bonds. The molecule has 0 aliphatic heterocycles. The van der Waals surface area contributed by atoms with Crippen molar-refractivity contribution in [3.63, 3.8) is 0 Å². The second-order valence-electron chi connectivity index (χ2n) is 3.94. The van der Waals surface area contributed by atoms with Crippen LogP contribution in [0.4, 0.5) is 0 Å². The molecule has 2 aromatic rings. The third-order valence-corrected chi connectivity index (χ3v) is 2.85. The maximum absolute atomic E-state index is 12.1. The molecule has 1 aromatic heterocycles. The zero-order valence-electron chi connectivity index (χ0n) is 10.2. The molecule has 0 aliphatic rings. The van der Waals surface area contributed by atoms with Crippen molar-refractivity contribution in [2.45, 2.75) is 13.5 Å². The lowest BCUT2D eigenvalue weighted by atomic mass is 10.3. The normalized spacial score (nSPS) is 11.0. The number of rotatable bonds is 5. The van der Waals surface area contributed by atoms with Gasteiger partial charge in [0.25, 0.3) is 5.56 Å². The average molecular weight is 267 g/mol. The molecule has 0 aliphatic carbocycles. The van der Waals surface area contributed by atoms with E-state index in [0.29, 0.717) is 31.3 Å². The van der Waals surface area contributed by atoms with Gasteiger partial charge in [-0.15, -0.1) is 11.6 Å². The molecule has 0 N–H and O–H groups in total. The number of nitrogens with zero attached hydrogens (tertiary/aromatic N) is 2. The molecule has 0 atom stereocenters. The number of benzene rings is 1. The van der Waals surface area contributed by atoms with Crippen LogP contribution in [0.15, 0.2) is 29.1 Å². The van der Waals surface area contributed by atoms with Gasteiger partial charge in [-0.3, -0.25) is 4.79 Å². The molecular formula is C13H15ClN2O2. The Labute approximate surface area is 110 Å². The largest absolute Gasteiger partial charge is 0.378 e. The number of para-hydroxylation sites is 2. The van der Waals surface area contributed by atoms with Crippen LogP contribution in [0.3, 0.4) is 0 Å². The maximum Gasteiger partial charge on any atom is 0.272 e.